The number of nitro groups is 1. The Balaban J connectivity index is 2.44. The molecule has 0 unspecified atom stereocenters. The molecule has 92 valence electrons. The van der Waals surface area contributed by atoms with Crippen LogP contribution in [-0.4, -0.2) is 4.92 Å². The van der Waals surface area contributed by atoms with E-state index < -0.39 is 4.92 Å². The van der Waals surface area contributed by atoms with Gasteiger partial charge in [-0.25, -0.2) is 0 Å². The van der Waals surface area contributed by atoms with E-state index in [1.807, 2.05) is 24.3 Å². The maximum absolute atomic E-state index is 11.0. The second-order valence-corrected chi connectivity index (χ2v) is 4.76. The van der Waals surface area contributed by atoms with E-state index >= 15 is 0 Å². The van der Waals surface area contributed by atoms with Crippen LogP contribution >= 0.6 is 27.5 Å². The van der Waals surface area contributed by atoms with E-state index in [0.29, 0.717) is 5.69 Å². The number of nitrogens with zero attached hydrogens (tertiary/aromatic N) is 1. The molecule has 2 aromatic rings. The molecule has 0 radical (unpaired) electrons. The molecule has 2 aromatic carbocycles. The first-order chi connectivity index (χ1) is 8.59. The molecular weight excluding hydrogens is 320 g/mol. The van der Waals surface area contributed by atoms with Crippen LogP contribution in [0.25, 0.3) is 0 Å². The van der Waals surface area contributed by atoms with Gasteiger partial charge in [-0.15, -0.1) is 0 Å². The molecule has 0 saturated heterocycles. The van der Waals surface area contributed by atoms with Crippen molar-refractivity contribution in [2.45, 2.75) is 0 Å². The van der Waals surface area contributed by atoms with Crippen molar-refractivity contribution in [3.8, 4) is 0 Å². The van der Waals surface area contributed by atoms with Crippen molar-refractivity contribution in [3.63, 3.8) is 0 Å². The average Bonchev–Trinajstić information content (AvgIpc) is 2.31. The third-order valence-electron chi connectivity index (χ3n) is 2.31. The fourth-order valence-electron chi connectivity index (χ4n) is 1.51. The van der Waals surface area contributed by atoms with Gasteiger partial charge in [-0.3, -0.25) is 10.1 Å². The average molecular weight is 328 g/mol. The normalized spacial score (nSPS) is 10.1. The number of benzene rings is 2. The van der Waals surface area contributed by atoms with Crippen LogP contribution in [0.3, 0.4) is 0 Å². The molecule has 0 aromatic heterocycles. The number of nitrogens with one attached hydrogen (secondary N) is 1. The second kappa shape index (κ2) is 5.37. The quantitative estimate of drug-likeness (QED) is 0.653. The SMILES string of the molecule is O=[N+]([O-])c1c(Cl)cccc1Nc1ccccc1Br. The maximum atomic E-state index is 11.0. The summed E-state index contributed by atoms with van der Waals surface area (Å²) in [5, 5.41) is 14.1. The van der Waals surface area contributed by atoms with Crippen molar-refractivity contribution < 1.29 is 4.92 Å². The summed E-state index contributed by atoms with van der Waals surface area (Å²) in [7, 11) is 0. The Hall–Kier alpha value is -1.59. The molecule has 0 spiro atoms. The molecule has 0 saturated carbocycles. The minimum atomic E-state index is -0.499. The summed E-state index contributed by atoms with van der Waals surface area (Å²) in [6, 6.07) is 12.1. The Labute approximate surface area is 117 Å². The van der Waals surface area contributed by atoms with Gasteiger partial charge in [-0.2, -0.15) is 0 Å². The van der Waals surface area contributed by atoms with Gasteiger partial charge in [0.2, 0.25) is 0 Å². The van der Waals surface area contributed by atoms with Gasteiger partial charge >= 0.3 is 5.69 Å². The number of hydrogen-bond acceptors (Lipinski definition) is 3. The molecule has 2 rings (SSSR count). The number of nitro benzene ring substituents is 1. The smallest absolute Gasteiger partial charge is 0.311 e. The van der Waals surface area contributed by atoms with Gasteiger partial charge < -0.3 is 5.32 Å². The third kappa shape index (κ3) is 2.63. The van der Waals surface area contributed by atoms with E-state index in [0.717, 1.165) is 10.2 Å². The topological polar surface area (TPSA) is 55.2 Å². The monoisotopic (exact) mass is 326 g/mol. The lowest BCUT2D eigenvalue weighted by Gasteiger charge is -2.09. The molecule has 6 heteroatoms. The van der Waals surface area contributed by atoms with Gasteiger partial charge in [-0.1, -0.05) is 29.8 Å². The van der Waals surface area contributed by atoms with Crippen LogP contribution in [0, 0.1) is 10.1 Å². The third-order valence-corrected chi connectivity index (χ3v) is 3.31. The standard InChI is InChI=1S/C12H8BrClN2O2/c13-8-4-1-2-6-10(8)15-11-7-3-5-9(14)12(11)16(17)18/h1-7,15H. The van der Waals surface area contributed by atoms with E-state index in [4.69, 9.17) is 11.6 Å². The van der Waals surface area contributed by atoms with Crippen LogP contribution in [0.1, 0.15) is 0 Å². The van der Waals surface area contributed by atoms with Gasteiger partial charge in [0.05, 0.1) is 10.6 Å². The van der Waals surface area contributed by atoms with Crippen LogP contribution in [-0.2, 0) is 0 Å². The fraction of sp³-hybridized carbons (Fsp3) is 0. The molecule has 0 aliphatic carbocycles. The molecule has 0 aliphatic heterocycles. The highest BCUT2D eigenvalue weighted by Crippen LogP contribution is 2.35. The Morgan fingerprint density at radius 3 is 2.44 bits per heavy atom. The first-order valence-corrected chi connectivity index (χ1v) is 6.21. The predicted molar refractivity (Wildman–Crippen MR) is 75.5 cm³/mol. The minimum absolute atomic E-state index is 0.108. The lowest BCUT2D eigenvalue weighted by molar-refractivity contribution is -0.383. The molecule has 0 atom stereocenters. The molecule has 0 bridgehead atoms. The maximum Gasteiger partial charge on any atom is 0.311 e. The molecule has 18 heavy (non-hydrogen) atoms. The number of rotatable bonds is 3. The van der Waals surface area contributed by atoms with E-state index in [9.17, 15) is 10.1 Å². The zero-order chi connectivity index (χ0) is 13.1. The van der Waals surface area contributed by atoms with Gasteiger partial charge in [0.25, 0.3) is 0 Å². The van der Waals surface area contributed by atoms with Gasteiger partial charge in [0.1, 0.15) is 10.7 Å². The van der Waals surface area contributed by atoms with Crippen LogP contribution < -0.4 is 5.32 Å². The highest BCUT2D eigenvalue weighted by Gasteiger charge is 2.18. The fourth-order valence-corrected chi connectivity index (χ4v) is 2.14. The highest BCUT2D eigenvalue weighted by atomic mass is 79.9. The molecule has 1 N–H and O–H groups in total. The van der Waals surface area contributed by atoms with E-state index in [1.54, 1.807) is 12.1 Å². The first-order valence-electron chi connectivity index (χ1n) is 5.04. The molecule has 0 heterocycles. The van der Waals surface area contributed by atoms with Crippen LogP contribution in [0.4, 0.5) is 17.1 Å². The van der Waals surface area contributed by atoms with Crippen LogP contribution in [0.15, 0.2) is 46.9 Å². The lowest BCUT2D eigenvalue weighted by Crippen LogP contribution is -1.98. The van der Waals surface area contributed by atoms with Crippen molar-refractivity contribution >= 4 is 44.6 Å². The van der Waals surface area contributed by atoms with Crippen molar-refractivity contribution in [1.29, 1.82) is 0 Å². The number of para-hydroxylation sites is 2. The van der Waals surface area contributed by atoms with Gasteiger partial charge in [0, 0.05) is 4.47 Å². The van der Waals surface area contributed by atoms with Crippen molar-refractivity contribution in [3.05, 3.63) is 62.1 Å². The van der Waals surface area contributed by atoms with Crippen molar-refractivity contribution in [1.82, 2.24) is 0 Å². The zero-order valence-electron chi connectivity index (χ0n) is 9.06. The molecule has 0 fully saturated rings. The summed E-state index contributed by atoms with van der Waals surface area (Å²) in [6.07, 6.45) is 0. The summed E-state index contributed by atoms with van der Waals surface area (Å²) >= 11 is 9.21. The Morgan fingerprint density at radius 1 is 1.11 bits per heavy atom. The number of anilines is 2. The summed E-state index contributed by atoms with van der Waals surface area (Å²) in [6.45, 7) is 0. The molecular formula is C12H8BrClN2O2. The summed E-state index contributed by atoms with van der Waals surface area (Å²) in [5.41, 5.74) is 0.970. The Morgan fingerprint density at radius 2 is 1.78 bits per heavy atom. The lowest BCUT2D eigenvalue weighted by atomic mass is 10.2. The van der Waals surface area contributed by atoms with Crippen LogP contribution in [0.2, 0.25) is 5.02 Å². The highest BCUT2D eigenvalue weighted by molar-refractivity contribution is 9.10. The summed E-state index contributed by atoms with van der Waals surface area (Å²) in [5.74, 6) is 0. The van der Waals surface area contributed by atoms with Crippen molar-refractivity contribution in [2.24, 2.45) is 0 Å². The van der Waals surface area contributed by atoms with Gasteiger partial charge in [0.15, 0.2) is 0 Å². The van der Waals surface area contributed by atoms with Gasteiger partial charge in [-0.05, 0) is 40.2 Å². The van der Waals surface area contributed by atoms with E-state index in [-0.39, 0.29) is 10.7 Å². The zero-order valence-corrected chi connectivity index (χ0v) is 11.4. The molecule has 4 nitrogen and oxygen atoms in total. The number of hydrogen-bond donors (Lipinski definition) is 1. The first kappa shape index (κ1) is 12.9. The largest absolute Gasteiger partial charge is 0.349 e. The summed E-state index contributed by atoms with van der Waals surface area (Å²) in [4.78, 5) is 10.5. The number of halogens is 2. The van der Waals surface area contributed by atoms with Crippen molar-refractivity contribution in [2.75, 3.05) is 5.32 Å². The Kier molecular flexibility index (Phi) is 3.84. The van der Waals surface area contributed by atoms with Crippen LogP contribution in [0.5, 0.6) is 0 Å². The predicted octanol–water partition coefficient (Wildman–Crippen LogP) is 4.75. The van der Waals surface area contributed by atoms with E-state index in [2.05, 4.69) is 21.2 Å². The second-order valence-electron chi connectivity index (χ2n) is 3.50. The molecule has 0 amide bonds. The molecule has 0 aliphatic rings. The summed E-state index contributed by atoms with van der Waals surface area (Å²) < 4.78 is 0.819. The Bertz CT molecular complexity index is 604. The minimum Gasteiger partial charge on any atom is -0.349 e. The van der Waals surface area contributed by atoms with E-state index in [1.165, 1.54) is 6.07 Å².